The van der Waals surface area contributed by atoms with Gasteiger partial charge in [-0.1, -0.05) is 45.8 Å². The Morgan fingerprint density at radius 1 is 0.722 bits per heavy atom. The maximum Gasteiger partial charge on any atom is 1.00 e. The number of hydrogen-bond acceptors (Lipinski definition) is 10. The Kier molecular flexibility index (Phi) is 15.7. The van der Waals surface area contributed by atoms with Gasteiger partial charge in [-0.05, 0) is 35.4 Å². The first-order valence-electron chi connectivity index (χ1n) is 9.46. The van der Waals surface area contributed by atoms with Gasteiger partial charge in [0.1, 0.15) is 0 Å². The number of hydrogen-bond donors (Lipinski definition) is 0. The number of rotatable bonds is 11. The van der Waals surface area contributed by atoms with E-state index >= 15 is 0 Å². The van der Waals surface area contributed by atoms with Crippen molar-refractivity contribution in [3.05, 3.63) is 46.4 Å². The minimum Gasteiger partial charge on any atom is -0.748 e. The van der Waals surface area contributed by atoms with Crippen LogP contribution < -0.4 is 69.1 Å². The minimum absolute atomic E-state index is 0. The van der Waals surface area contributed by atoms with E-state index in [2.05, 4.69) is 20.7 Å². The summed E-state index contributed by atoms with van der Waals surface area (Å²) in [6.45, 7) is -0.523. The van der Waals surface area contributed by atoms with Gasteiger partial charge >= 0.3 is 59.1 Å². The summed E-state index contributed by atoms with van der Waals surface area (Å²) in [7, 11) is -5.59. The normalized spacial score (nSPS) is 11.8. The Labute approximate surface area is 264 Å². The third kappa shape index (κ3) is 12.5. The summed E-state index contributed by atoms with van der Waals surface area (Å²) in [6, 6.07) is 10.3. The average molecular weight is 597 g/mol. The van der Waals surface area contributed by atoms with Crippen LogP contribution in [-0.2, 0) is 20.2 Å². The van der Waals surface area contributed by atoms with Gasteiger partial charge in [-0.3, -0.25) is 0 Å². The van der Waals surface area contributed by atoms with Crippen molar-refractivity contribution in [2.24, 2.45) is 20.7 Å². The van der Waals surface area contributed by atoms with Crippen molar-refractivity contribution in [2.45, 2.75) is 0 Å². The van der Waals surface area contributed by atoms with Crippen LogP contribution in [0.5, 0.6) is 0 Å². The Morgan fingerprint density at radius 3 is 1.33 bits per heavy atom. The summed E-state index contributed by atoms with van der Waals surface area (Å²) in [6.07, 6.45) is 0. The van der Waals surface area contributed by atoms with Crippen molar-refractivity contribution >= 4 is 54.8 Å². The molecular weight excluding hydrogens is 577 g/mol. The summed E-state index contributed by atoms with van der Waals surface area (Å²) in [5.74, 6) is -1.29. The number of halogens is 2. The van der Waals surface area contributed by atoms with Gasteiger partial charge in [-0.2, -0.15) is 10.2 Å². The maximum absolute atomic E-state index is 10.6. The van der Waals surface area contributed by atoms with Crippen LogP contribution in [0.2, 0.25) is 10.0 Å². The van der Waals surface area contributed by atoms with Crippen molar-refractivity contribution < 1.29 is 85.1 Å². The zero-order valence-corrected chi connectivity index (χ0v) is 27.1. The molecule has 2 aromatic rings. The van der Waals surface area contributed by atoms with Crippen LogP contribution in [-0.4, -0.2) is 64.6 Å². The van der Waals surface area contributed by atoms with Crippen molar-refractivity contribution in [3.8, 4) is 11.1 Å². The fourth-order valence-corrected chi connectivity index (χ4v) is 3.79. The zero-order valence-electron chi connectivity index (χ0n) is 20.0. The fraction of sp³-hybridized carbons (Fsp3) is 0.333. The number of benzene rings is 2. The van der Waals surface area contributed by atoms with Crippen LogP contribution in [0.4, 0.5) is 11.4 Å². The van der Waals surface area contributed by atoms with Gasteiger partial charge in [0.05, 0.1) is 66.3 Å². The Morgan fingerprint density at radius 2 is 1.06 bits per heavy atom. The first-order chi connectivity index (χ1) is 15.8. The van der Waals surface area contributed by atoms with Gasteiger partial charge in [0, 0.05) is 14.1 Å². The van der Waals surface area contributed by atoms with E-state index in [9.17, 15) is 25.9 Å². The predicted octanol–water partition coefficient (Wildman–Crippen LogP) is -2.63. The minimum atomic E-state index is -4.36. The molecule has 12 nitrogen and oxygen atoms in total. The molecule has 0 unspecified atom stereocenters. The van der Waals surface area contributed by atoms with E-state index in [1.54, 1.807) is 50.5 Å². The first-order valence-corrected chi connectivity index (χ1v) is 13.4. The van der Waals surface area contributed by atoms with E-state index in [1.807, 2.05) is 0 Å². The SMILES string of the molecule is CN(N=NCCS(=O)(=O)[O-])c1ccc(-c2ccc(N(C)N=NCCS(=O)(=O)[O-])c(Cl)c2)cc1Cl.[Na+].[Na+]. The molecule has 0 aromatic heterocycles. The van der Waals surface area contributed by atoms with Crippen molar-refractivity contribution in [2.75, 3.05) is 48.7 Å². The summed E-state index contributed by atoms with van der Waals surface area (Å²) < 4.78 is 63.6. The van der Waals surface area contributed by atoms with E-state index < -0.39 is 31.7 Å². The zero-order chi connectivity index (χ0) is 25.5. The molecule has 0 radical (unpaired) electrons. The average Bonchev–Trinajstić information content (AvgIpc) is 2.72. The van der Waals surface area contributed by atoms with Crippen LogP contribution in [0.3, 0.4) is 0 Å². The molecule has 0 aliphatic heterocycles. The summed E-state index contributed by atoms with van der Waals surface area (Å²) in [4.78, 5) is 0. The van der Waals surface area contributed by atoms with E-state index in [0.717, 1.165) is 11.1 Å². The molecule has 0 aliphatic carbocycles. The number of nitrogens with zero attached hydrogens (tertiary/aromatic N) is 6. The van der Waals surface area contributed by atoms with E-state index in [0.29, 0.717) is 21.4 Å². The molecule has 0 heterocycles. The van der Waals surface area contributed by atoms with Gasteiger partial charge in [-0.15, -0.1) is 0 Å². The quantitative estimate of drug-likeness (QED) is 0.117. The van der Waals surface area contributed by atoms with Crippen LogP contribution in [0.25, 0.3) is 11.1 Å². The summed E-state index contributed by atoms with van der Waals surface area (Å²) >= 11 is 12.7. The summed E-state index contributed by atoms with van der Waals surface area (Å²) in [5, 5.41) is 18.3. The van der Waals surface area contributed by atoms with E-state index in [-0.39, 0.29) is 72.2 Å². The molecule has 2 rings (SSSR count). The monoisotopic (exact) mass is 596 g/mol. The third-order valence-electron chi connectivity index (χ3n) is 4.20. The maximum atomic E-state index is 10.6. The molecular formula is C18H20Cl2N6Na2O6S2. The fourth-order valence-electron chi connectivity index (χ4n) is 2.58. The smallest absolute Gasteiger partial charge is 0.748 e. The summed E-state index contributed by atoms with van der Waals surface area (Å²) in [5.41, 5.74) is 2.49. The van der Waals surface area contributed by atoms with Crippen molar-refractivity contribution in [1.29, 1.82) is 0 Å². The second-order valence-corrected chi connectivity index (χ2v) is 10.7. The molecule has 0 aliphatic rings. The molecule has 0 saturated heterocycles. The molecule has 0 fully saturated rings. The molecule has 0 spiro atoms. The largest absolute Gasteiger partial charge is 1.00 e. The van der Waals surface area contributed by atoms with Crippen molar-refractivity contribution in [3.63, 3.8) is 0 Å². The van der Waals surface area contributed by atoms with Crippen molar-refractivity contribution in [1.82, 2.24) is 0 Å². The molecule has 0 amide bonds. The molecule has 18 heteroatoms. The third-order valence-corrected chi connectivity index (χ3v) is 6.17. The van der Waals surface area contributed by atoms with Gasteiger partial charge in [0.25, 0.3) is 0 Å². The van der Waals surface area contributed by atoms with Gasteiger partial charge in [0.15, 0.2) is 0 Å². The Hall–Kier alpha value is -0.360. The molecule has 186 valence electrons. The van der Waals surface area contributed by atoms with Gasteiger partial charge in [0.2, 0.25) is 0 Å². The Bertz CT molecular complexity index is 1200. The molecule has 0 atom stereocenters. The second-order valence-electron chi connectivity index (χ2n) is 6.81. The second kappa shape index (κ2) is 15.9. The molecule has 0 bridgehead atoms. The molecule has 0 saturated carbocycles. The van der Waals surface area contributed by atoms with Crippen LogP contribution >= 0.6 is 23.2 Å². The topological polar surface area (TPSA) is 170 Å². The van der Waals surface area contributed by atoms with E-state index in [4.69, 9.17) is 23.2 Å². The van der Waals surface area contributed by atoms with Gasteiger partial charge in [-0.25, -0.2) is 26.9 Å². The molecule has 2 aromatic carbocycles. The van der Waals surface area contributed by atoms with Crippen LogP contribution in [0.1, 0.15) is 0 Å². The molecule has 36 heavy (non-hydrogen) atoms. The first kappa shape index (κ1) is 35.6. The predicted molar refractivity (Wildman–Crippen MR) is 127 cm³/mol. The Balaban J connectivity index is 0.00000612. The van der Waals surface area contributed by atoms with E-state index in [1.165, 1.54) is 10.0 Å². The standard InChI is InChI=1S/C18H22Cl2N6O6S2.2Na/c1-25(23-21-7-9-33(27,28)29)17-5-3-13(11-15(17)19)14-4-6-18(16(20)12-14)26(2)24-22-8-10-34(30,31)32;;/h3-6,11-12H,7-10H2,1-2H3,(H,27,28,29)(H,30,31,32);;/q;2*+1/p-2. The van der Waals surface area contributed by atoms with Crippen LogP contribution in [0, 0.1) is 0 Å². The van der Waals surface area contributed by atoms with Gasteiger partial charge < -0.3 is 9.11 Å². The van der Waals surface area contributed by atoms with Crippen LogP contribution in [0.15, 0.2) is 57.1 Å². The number of anilines is 2. The molecule has 0 N–H and O–H groups in total.